The molecule has 126 valence electrons. The molecule has 1 heterocycles. The number of amides is 1. The molecule has 23 heavy (non-hydrogen) atoms. The lowest BCUT2D eigenvalue weighted by Crippen LogP contribution is -2.36. The summed E-state index contributed by atoms with van der Waals surface area (Å²) in [6, 6.07) is 5.78. The van der Waals surface area contributed by atoms with E-state index in [0.29, 0.717) is 18.1 Å². The van der Waals surface area contributed by atoms with Gasteiger partial charge in [0.15, 0.2) is 0 Å². The molecule has 1 atom stereocenters. The maximum atomic E-state index is 11.8. The average Bonchev–Trinajstić information content (AvgIpc) is 2.75. The van der Waals surface area contributed by atoms with Crippen molar-refractivity contribution in [2.75, 3.05) is 13.1 Å². The van der Waals surface area contributed by atoms with Gasteiger partial charge in [0.2, 0.25) is 0 Å². The summed E-state index contributed by atoms with van der Waals surface area (Å²) in [5.41, 5.74) is 7.55. The summed E-state index contributed by atoms with van der Waals surface area (Å²) < 4.78 is 7.28. The summed E-state index contributed by atoms with van der Waals surface area (Å²) in [4.78, 5) is 11.8. The van der Waals surface area contributed by atoms with E-state index in [4.69, 9.17) is 22.1 Å². The fourth-order valence-electron chi connectivity index (χ4n) is 2.55. The third-order valence-corrected chi connectivity index (χ3v) is 3.83. The van der Waals surface area contributed by atoms with Gasteiger partial charge in [-0.3, -0.25) is 0 Å². The standard InChI is InChI=1S/C17H24ClN3O2/c1-17(2,3)23-16(22)20-9-11(8-19)14-10-21(4)15-7-12(18)5-6-13(14)15/h5-7,10-11H,8-9,19H2,1-4H3,(H,20,22). The summed E-state index contributed by atoms with van der Waals surface area (Å²) in [7, 11) is 1.97. The van der Waals surface area contributed by atoms with Crippen molar-refractivity contribution in [2.24, 2.45) is 12.8 Å². The second kappa shape index (κ2) is 6.81. The third-order valence-electron chi connectivity index (χ3n) is 3.60. The van der Waals surface area contributed by atoms with E-state index in [2.05, 4.69) is 5.32 Å². The molecule has 6 heteroatoms. The van der Waals surface area contributed by atoms with Crippen LogP contribution in [0.15, 0.2) is 24.4 Å². The Bertz CT molecular complexity index is 704. The molecule has 0 aliphatic rings. The molecular weight excluding hydrogens is 314 g/mol. The van der Waals surface area contributed by atoms with Gasteiger partial charge >= 0.3 is 6.09 Å². The number of aromatic nitrogens is 1. The van der Waals surface area contributed by atoms with Crippen LogP contribution >= 0.6 is 11.6 Å². The maximum absolute atomic E-state index is 11.8. The molecule has 2 aromatic rings. The van der Waals surface area contributed by atoms with Gasteiger partial charge in [0, 0.05) is 48.2 Å². The number of hydrogen-bond donors (Lipinski definition) is 2. The highest BCUT2D eigenvalue weighted by molar-refractivity contribution is 6.31. The summed E-state index contributed by atoms with van der Waals surface area (Å²) in [5.74, 6) is 0.00685. The van der Waals surface area contributed by atoms with Gasteiger partial charge in [-0.1, -0.05) is 17.7 Å². The lowest BCUT2D eigenvalue weighted by atomic mass is 9.98. The van der Waals surface area contributed by atoms with E-state index < -0.39 is 11.7 Å². The van der Waals surface area contributed by atoms with E-state index >= 15 is 0 Å². The Balaban J connectivity index is 2.17. The van der Waals surface area contributed by atoms with Gasteiger partial charge in [-0.25, -0.2) is 4.79 Å². The van der Waals surface area contributed by atoms with Gasteiger partial charge in [0.05, 0.1) is 0 Å². The van der Waals surface area contributed by atoms with Crippen LogP contribution in [-0.2, 0) is 11.8 Å². The number of nitrogens with two attached hydrogens (primary N) is 1. The highest BCUT2D eigenvalue weighted by atomic mass is 35.5. The van der Waals surface area contributed by atoms with E-state index in [-0.39, 0.29) is 5.92 Å². The largest absolute Gasteiger partial charge is 0.444 e. The Morgan fingerprint density at radius 1 is 1.43 bits per heavy atom. The van der Waals surface area contributed by atoms with Crippen molar-refractivity contribution >= 4 is 28.6 Å². The van der Waals surface area contributed by atoms with Gasteiger partial charge in [-0.2, -0.15) is 0 Å². The maximum Gasteiger partial charge on any atom is 0.407 e. The number of nitrogens with one attached hydrogen (secondary N) is 1. The predicted molar refractivity (Wildman–Crippen MR) is 94.0 cm³/mol. The number of rotatable bonds is 4. The zero-order valence-corrected chi connectivity index (χ0v) is 14.8. The van der Waals surface area contributed by atoms with Gasteiger partial charge in [-0.05, 0) is 38.5 Å². The molecule has 2 rings (SSSR count). The van der Waals surface area contributed by atoms with E-state index in [9.17, 15) is 4.79 Å². The minimum Gasteiger partial charge on any atom is -0.444 e. The first-order valence-electron chi connectivity index (χ1n) is 7.62. The molecule has 0 aliphatic carbocycles. The number of carbonyl (C=O) groups is 1. The van der Waals surface area contributed by atoms with Gasteiger partial charge in [-0.15, -0.1) is 0 Å². The average molecular weight is 338 g/mol. The molecule has 0 aliphatic heterocycles. The quantitative estimate of drug-likeness (QED) is 0.898. The monoisotopic (exact) mass is 337 g/mol. The third kappa shape index (κ3) is 4.39. The highest BCUT2D eigenvalue weighted by Crippen LogP contribution is 2.28. The zero-order chi connectivity index (χ0) is 17.2. The molecule has 0 saturated carbocycles. The van der Waals surface area contributed by atoms with Gasteiger partial charge in [0.25, 0.3) is 0 Å². The topological polar surface area (TPSA) is 69.3 Å². The molecular formula is C17H24ClN3O2. The van der Waals surface area contributed by atoms with Crippen LogP contribution in [0.1, 0.15) is 32.3 Å². The molecule has 0 spiro atoms. The number of carbonyl (C=O) groups excluding carboxylic acids is 1. The number of ether oxygens (including phenoxy) is 1. The first-order chi connectivity index (χ1) is 10.7. The number of nitrogens with zero attached hydrogens (tertiary/aromatic N) is 1. The second-order valence-corrected chi connectivity index (χ2v) is 7.11. The van der Waals surface area contributed by atoms with Crippen LogP contribution in [0.5, 0.6) is 0 Å². The fraction of sp³-hybridized carbons (Fsp3) is 0.471. The first kappa shape index (κ1) is 17.6. The van der Waals surface area contributed by atoms with Crippen LogP contribution in [0, 0.1) is 0 Å². The summed E-state index contributed by atoms with van der Waals surface area (Å²) in [6.07, 6.45) is 1.61. The van der Waals surface area contributed by atoms with Crippen LogP contribution < -0.4 is 11.1 Å². The molecule has 1 amide bonds. The molecule has 0 bridgehead atoms. The first-order valence-corrected chi connectivity index (χ1v) is 8.00. The Hall–Kier alpha value is -1.72. The van der Waals surface area contributed by atoms with Gasteiger partial charge < -0.3 is 20.4 Å². The minimum absolute atomic E-state index is 0.00685. The number of fused-ring (bicyclic) bond motifs is 1. The zero-order valence-electron chi connectivity index (χ0n) is 14.0. The molecule has 3 N–H and O–H groups in total. The van der Waals surface area contributed by atoms with Crippen molar-refractivity contribution in [3.8, 4) is 0 Å². The van der Waals surface area contributed by atoms with E-state index in [1.807, 2.05) is 56.8 Å². The van der Waals surface area contributed by atoms with Crippen LogP contribution in [0.4, 0.5) is 4.79 Å². The van der Waals surface area contributed by atoms with Crippen LogP contribution in [0.2, 0.25) is 5.02 Å². The number of benzene rings is 1. The van der Waals surface area contributed by atoms with Crippen LogP contribution in [0.25, 0.3) is 10.9 Å². The molecule has 5 nitrogen and oxygen atoms in total. The Labute approximate surface area is 141 Å². The molecule has 1 aromatic carbocycles. The smallest absolute Gasteiger partial charge is 0.407 e. The van der Waals surface area contributed by atoms with Crippen LogP contribution in [-0.4, -0.2) is 29.4 Å². The molecule has 0 fully saturated rings. The number of aryl methyl sites for hydroxylation is 1. The highest BCUT2D eigenvalue weighted by Gasteiger charge is 2.20. The van der Waals surface area contributed by atoms with Crippen molar-refractivity contribution < 1.29 is 9.53 Å². The Morgan fingerprint density at radius 2 is 2.13 bits per heavy atom. The summed E-state index contributed by atoms with van der Waals surface area (Å²) in [5, 5.41) is 4.59. The van der Waals surface area contributed by atoms with Crippen molar-refractivity contribution in [1.82, 2.24) is 9.88 Å². The van der Waals surface area contributed by atoms with Crippen molar-refractivity contribution in [2.45, 2.75) is 32.3 Å². The van der Waals surface area contributed by atoms with Gasteiger partial charge in [0.1, 0.15) is 5.60 Å². The van der Waals surface area contributed by atoms with E-state index in [0.717, 1.165) is 16.5 Å². The summed E-state index contributed by atoms with van der Waals surface area (Å²) in [6.45, 7) is 6.36. The summed E-state index contributed by atoms with van der Waals surface area (Å²) >= 11 is 6.07. The Kier molecular flexibility index (Phi) is 5.22. The minimum atomic E-state index is -0.515. The number of halogens is 1. The van der Waals surface area contributed by atoms with Crippen LogP contribution in [0.3, 0.4) is 0 Å². The lowest BCUT2D eigenvalue weighted by molar-refractivity contribution is 0.0525. The Morgan fingerprint density at radius 3 is 2.74 bits per heavy atom. The van der Waals surface area contributed by atoms with Crippen molar-refractivity contribution in [3.63, 3.8) is 0 Å². The molecule has 1 unspecified atom stereocenters. The second-order valence-electron chi connectivity index (χ2n) is 6.67. The SMILES string of the molecule is Cn1cc(C(CN)CNC(=O)OC(C)(C)C)c2ccc(Cl)cc21. The normalized spacial score (nSPS) is 13.1. The molecule has 0 radical (unpaired) electrons. The van der Waals surface area contributed by atoms with Crippen molar-refractivity contribution in [3.05, 3.63) is 35.0 Å². The number of alkyl carbamates (subject to hydrolysis) is 1. The van der Waals surface area contributed by atoms with Crippen molar-refractivity contribution in [1.29, 1.82) is 0 Å². The number of hydrogen-bond acceptors (Lipinski definition) is 3. The molecule has 0 saturated heterocycles. The lowest BCUT2D eigenvalue weighted by Gasteiger charge is -2.21. The fourth-order valence-corrected chi connectivity index (χ4v) is 2.72. The van der Waals surface area contributed by atoms with E-state index in [1.165, 1.54) is 0 Å². The molecule has 1 aromatic heterocycles. The predicted octanol–water partition coefficient (Wildman–Crippen LogP) is 3.40. The van der Waals surface area contributed by atoms with E-state index in [1.54, 1.807) is 0 Å².